The van der Waals surface area contributed by atoms with Gasteiger partial charge in [0.1, 0.15) is 0 Å². The first kappa shape index (κ1) is 16.2. The SMILES string of the molecule is CCC(C(=O)NCCOCCn1ccnc1)c1ccccc1. The fourth-order valence-corrected chi connectivity index (χ4v) is 2.32. The zero-order valence-electron chi connectivity index (χ0n) is 12.9. The number of amides is 1. The van der Waals surface area contributed by atoms with E-state index in [0.717, 1.165) is 18.5 Å². The van der Waals surface area contributed by atoms with Crippen LogP contribution < -0.4 is 5.32 Å². The summed E-state index contributed by atoms with van der Waals surface area (Å²) in [5.74, 6) is -0.0286. The van der Waals surface area contributed by atoms with E-state index in [2.05, 4.69) is 10.3 Å². The van der Waals surface area contributed by atoms with Gasteiger partial charge >= 0.3 is 0 Å². The number of hydrogen-bond acceptors (Lipinski definition) is 3. The van der Waals surface area contributed by atoms with Gasteiger partial charge < -0.3 is 14.6 Å². The molecule has 22 heavy (non-hydrogen) atoms. The predicted molar refractivity (Wildman–Crippen MR) is 85.5 cm³/mol. The van der Waals surface area contributed by atoms with Crippen molar-refractivity contribution in [2.45, 2.75) is 25.8 Å². The Kier molecular flexibility index (Phi) is 6.64. The third-order valence-corrected chi connectivity index (χ3v) is 3.53. The highest BCUT2D eigenvalue weighted by atomic mass is 16.5. The highest BCUT2D eigenvalue weighted by Crippen LogP contribution is 2.18. The van der Waals surface area contributed by atoms with Gasteiger partial charge in [0, 0.05) is 25.5 Å². The van der Waals surface area contributed by atoms with Gasteiger partial charge in [0.25, 0.3) is 0 Å². The minimum absolute atomic E-state index is 0.0620. The van der Waals surface area contributed by atoms with E-state index in [1.165, 1.54) is 0 Å². The molecule has 1 heterocycles. The Bertz CT molecular complexity index is 540. The van der Waals surface area contributed by atoms with Gasteiger partial charge in [-0.05, 0) is 12.0 Å². The van der Waals surface area contributed by atoms with E-state index in [9.17, 15) is 4.79 Å². The minimum Gasteiger partial charge on any atom is -0.378 e. The van der Waals surface area contributed by atoms with E-state index in [1.54, 1.807) is 12.5 Å². The van der Waals surface area contributed by atoms with Gasteiger partial charge in [-0.25, -0.2) is 4.98 Å². The molecule has 0 aliphatic rings. The van der Waals surface area contributed by atoms with Gasteiger partial charge in [0.2, 0.25) is 5.91 Å². The highest BCUT2D eigenvalue weighted by molar-refractivity contribution is 5.83. The number of ether oxygens (including phenoxy) is 1. The maximum atomic E-state index is 12.2. The summed E-state index contributed by atoms with van der Waals surface area (Å²) >= 11 is 0. The predicted octanol–water partition coefficient (Wildman–Crippen LogP) is 2.21. The van der Waals surface area contributed by atoms with E-state index in [4.69, 9.17) is 4.74 Å². The van der Waals surface area contributed by atoms with Crippen molar-refractivity contribution in [3.8, 4) is 0 Å². The van der Waals surface area contributed by atoms with Crippen LogP contribution in [0.5, 0.6) is 0 Å². The lowest BCUT2D eigenvalue weighted by Crippen LogP contribution is -2.32. The topological polar surface area (TPSA) is 56.1 Å². The van der Waals surface area contributed by atoms with Crippen molar-refractivity contribution in [3.05, 3.63) is 54.6 Å². The van der Waals surface area contributed by atoms with Crippen LogP contribution >= 0.6 is 0 Å². The van der Waals surface area contributed by atoms with Crippen LogP contribution in [0.3, 0.4) is 0 Å². The lowest BCUT2D eigenvalue weighted by molar-refractivity contribution is -0.122. The van der Waals surface area contributed by atoms with Gasteiger partial charge in [-0.15, -0.1) is 0 Å². The molecule has 0 saturated heterocycles. The van der Waals surface area contributed by atoms with Crippen LogP contribution in [0.25, 0.3) is 0 Å². The van der Waals surface area contributed by atoms with Crippen molar-refractivity contribution < 1.29 is 9.53 Å². The molecule has 0 saturated carbocycles. The number of imidazole rings is 1. The Hall–Kier alpha value is -2.14. The standard InChI is InChI=1S/C17H23N3O2/c1-2-16(15-6-4-3-5-7-15)17(21)19-9-12-22-13-11-20-10-8-18-14-20/h3-8,10,14,16H,2,9,11-13H2,1H3,(H,19,21). The largest absolute Gasteiger partial charge is 0.378 e. The number of rotatable bonds is 9. The van der Waals surface area contributed by atoms with Crippen molar-refractivity contribution in [1.29, 1.82) is 0 Å². The summed E-state index contributed by atoms with van der Waals surface area (Å²) in [4.78, 5) is 16.2. The molecule has 1 atom stereocenters. The van der Waals surface area contributed by atoms with Crippen LogP contribution in [-0.4, -0.2) is 35.2 Å². The molecule has 1 unspecified atom stereocenters. The fourth-order valence-electron chi connectivity index (χ4n) is 2.32. The summed E-state index contributed by atoms with van der Waals surface area (Å²) in [7, 11) is 0. The number of carbonyl (C=O) groups is 1. The molecule has 0 bridgehead atoms. The number of carbonyl (C=O) groups excluding carboxylic acids is 1. The molecule has 2 aromatic rings. The maximum absolute atomic E-state index is 12.2. The molecule has 1 aromatic carbocycles. The third kappa shape index (κ3) is 5.00. The third-order valence-electron chi connectivity index (χ3n) is 3.53. The summed E-state index contributed by atoms with van der Waals surface area (Å²) < 4.78 is 7.47. The van der Waals surface area contributed by atoms with Crippen LogP contribution in [0.4, 0.5) is 0 Å². The first-order valence-corrected chi connectivity index (χ1v) is 7.67. The summed E-state index contributed by atoms with van der Waals surface area (Å²) in [5.41, 5.74) is 1.06. The van der Waals surface area contributed by atoms with Gasteiger partial charge in [-0.1, -0.05) is 37.3 Å². The molecule has 1 N–H and O–H groups in total. The summed E-state index contributed by atoms with van der Waals surface area (Å²) in [6.07, 6.45) is 6.19. The van der Waals surface area contributed by atoms with Gasteiger partial charge in [0.05, 0.1) is 25.5 Å². The molecule has 0 spiro atoms. The summed E-state index contributed by atoms with van der Waals surface area (Å²) in [6, 6.07) is 9.88. The summed E-state index contributed by atoms with van der Waals surface area (Å²) in [5, 5.41) is 2.94. The van der Waals surface area contributed by atoms with Gasteiger partial charge in [-0.3, -0.25) is 4.79 Å². The first-order valence-electron chi connectivity index (χ1n) is 7.67. The highest BCUT2D eigenvalue weighted by Gasteiger charge is 2.17. The van der Waals surface area contributed by atoms with E-state index in [0.29, 0.717) is 19.8 Å². The van der Waals surface area contributed by atoms with Crippen LogP contribution in [0.2, 0.25) is 0 Å². The van der Waals surface area contributed by atoms with Crippen molar-refractivity contribution >= 4 is 5.91 Å². The van der Waals surface area contributed by atoms with Crippen LogP contribution in [0, 0.1) is 0 Å². The van der Waals surface area contributed by atoms with Crippen molar-refractivity contribution in [2.24, 2.45) is 0 Å². The minimum atomic E-state index is -0.0906. The van der Waals surface area contributed by atoms with Crippen LogP contribution in [0.1, 0.15) is 24.8 Å². The second-order valence-electron chi connectivity index (χ2n) is 5.08. The molecule has 0 fully saturated rings. The van der Waals surface area contributed by atoms with Crippen molar-refractivity contribution in [1.82, 2.24) is 14.9 Å². The molecular formula is C17H23N3O2. The van der Waals surface area contributed by atoms with Gasteiger partial charge in [-0.2, -0.15) is 0 Å². The Morgan fingerprint density at radius 1 is 1.32 bits per heavy atom. The lowest BCUT2D eigenvalue weighted by Gasteiger charge is -2.15. The molecule has 0 radical (unpaired) electrons. The number of nitrogens with zero attached hydrogens (tertiary/aromatic N) is 2. The number of hydrogen-bond donors (Lipinski definition) is 1. The molecule has 5 heteroatoms. The molecule has 0 aliphatic heterocycles. The van der Waals surface area contributed by atoms with Crippen molar-refractivity contribution in [2.75, 3.05) is 19.8 Å². The fraction of sp³-hybridized carbons (Fsp3) is 0.412. The number of nitrogens with one attached hydrogen (secondary N) is 1. The van der Waals surface area contributed by atoms with Crippen LogP contribution in [-0.2, 0) is 16.1 Å². The second-order valence-corrected chi connectivity index (χ2v) is 5.08. The van der Waals surface area contributed by atoms with E-state index in [-0.39, 0.29) is 11.8 Å². The second kappa shape index (κ2) is 9.00. The van der Waals surface area contributed by atoms with E-state index < -0.39 is 0 Å². The lowest BCUT2D eigenvalue weighted by atomic mass is 9.96. The quantitative estimate of drug-likeness (QED) is 0.723. The average Bonchev–Trinajstić information content (AvgIpc) is 3.06. The average molecular weight is 301 g/mol. The van der Waals surface area contributed by atoms with E-state index in [1.807, 2.05) is 48.0 Å². The Balaban J connectivity index is 1.64. The van der Waals surface area contributed by atoms with Crippen LogP contribution in [0.15, 0.2) is 49.1 Å². The Morgan fingerprint density at radius 2 is 2.14 bits per heavy atom. The molecular weight excluding hydrogens is 278 g/mol. The summed E-state index contributed by atoms with van der Waals surface area (Å²) in [6.45, 7) is 4.47. The molecule has 0 aliphatic carbocycles. The van der Waals surface area contributed by atoms with E-state index >= 15 is 0 Å². The maximum Gasteiger partial charge on any atom is 0.227 e. The van der Waals surface area contributed by atoms with Gasteiger partial charge in [0.15, 0.2) is 0 Å². The zero-order valence-corrected chi connectivity index (χ0v) is 12.9. The number of aromatic nitrogens is 2. The first-order chi connectivity index (χ1) is 10.8. The van der Waals surface area contributed by atoms with Crippen molar-refractivity contribution in [3.63, 3.8) is 0 Å². The molecule has 1 amide bonds. The normalized spacial score (nSPS) is 12.0. The Labute approximate surface area is 131 Å². The molecule has 118 valence electrons. The zero-order chi connectivity index (χ0) is 15.6. The number of benzene rings is 1. The Morgan fingerprint density at radius 3 is 2.82 bits per heavy atom. The smallest absolute Gasteiger partial charge is 0.227 e. The molecule has 5 nitrogen and oxygen atoms in total. The molecule has 2 rings (SSSR count). The molecule has 1 aromatic heterocycles. The monoisotopic (exact) mass is 301 g/mol.